The van der Waals surface area contributed by atoms with Gasteiger partial charge in [0.2, 0.25) is 0 Å². The molecule has 0 saturated heterocycles. The first-order valence-corrected chi connectivity index (χ1v) is 5.39. The third-order valence-electron chi connectivity index (χ3n) is 2.92. The van der Waals surface area contributed by atoms with Gasteiger partial charge in [0.15, 0.2) is 5.65 Å². The molecule has 0 saturated carbocycles. The molecule has 4 rings (SSSR count). The summed E-state index contributed by atoms with van der Waals surface area (Å²) < 4.78 is 1.90. The van der Waals surface area contributed by atoms with E-state index in [1.807, 2.05) is 34.9 Å². The number of imidazole rings is 1. The molecule has 80 valence electrons. The minimum absolute atomic E-state index is 0.738. The number of rotatable bonds is 0. The second-order valence-electron chi connectivity index (χ2n) is 3.95. The van der Waals surface area contributed by atoms with E-state index in [1.165, 1.54) is 0 Å². The average Bonchev–Trinajstić information content (AvgIpc) is 2.85. The van der Waals surface area contributed by atoms with Crippen LogP contribution in [0.3, 0.4) is 0 Å². The third kappa shape index (κ3) is 1.15. The molecule has 4 aromatic rings. The topological polar surface area (TPSA) is 43.1 Å². The Morgan fingerprint density at radius 3 is 3.00 bits per heavy atom. The van der Waals surface area contributed by atoms with E-state index in [4.69, 9.17) is 0 Å². The highest BCUT2D eigenvalue weighted by Crippen LogP contribution is 2.20. The highest BCUT2D eigenvalue weighted by molar-refractivity contribution is 5.97. The first kappa shape index (κ1) is 8.64. The Morgan fingerprint density at radius 2 is 2.00 bits per heavy atom. The number of aromatic nitrogens is 4. The lowest BCUT2D eigenvalue weighted by Gasteiger charge is -2.01. The molecule has 1 aromatic carbocycles. The number of pyridine rings is 1. The summed E-state index contributed by atoms with van der Waals surface area (Å²) in [5.41, 5.74) is 2.60. The molecule has 0 atom stereocenters. The van der Waals surface area contributed by atoms with Gasteiger partial charge in [-0.05, 0) is 12.1 Å². The summed E-state index contributed by atoms with van der Waals surface area (Å²) in [6.07, 6.45) is 5.40. The zero-order valence-corrected chi connectivity index (χ0v) is 8.91. The van der Waals surface area contributed by atoms with Crippen molar-refractivity contribution >= 4 is 27.6 Å². The summed E-state index contributed by atoms with van der Waals surface area (Å²) in [4.78, 5) is 13.2. The molecule has 0 bridgehead atoms. The zero-order chi connectivity index (χ0) is 11.2. The lowest BCUT2D eigenvalue weighted by molar-refractivity contribution is 1.11. The Morgan fingerprint density at radius 1 is 1.06 bits per heavy atom. The van der Waals surface area contributed by atoms with Crippen molar-refractivity contribution in [1.29, 1.82) is 0 Å². The van der Waals surface area contributed by atoms with E-state index in [-0.39, 0.29) is 0 Å². The van der Waals surface area contributed by atoms with Gasteiger partial charge < -0.3 is 0 Å². The molecule has 0 unspecified atom stereocenters. The van der Waals surface area contributed by atoms with Gasteiger partial charge in [-0.25, -0.2) is 15.0 Å². The van der Waals surface area contributed by atoms with Crippen LogP contribution in [0.1, 0.15) is 0 Å². The van der Waals surface area contributed by atoms with Crippen LogP contribution in [-0.4, -0.2) is 19.4 Å². The smallest absolute Gasteiger partial charge is 0.165 e. The zero-order valence-electron chi connectivity index (χ0n) is 8.91. The molecule has 3 aromatic heterocycles. The van der Waals surface area contributed by atoms with Crippen molar-refractivity contribution in [3.8, 4) is 0 Å². The van der Waals surface area contributed by atoms with Crippen molar-refractivity contribution < 1.29 is 0 Å². The predicted octanol–water partition coefficient (Wildman–Crippen LogP) is 2.43. The van der Waals surface area contributed by atoms with E-state index in [0.29, 0.717) is 0 Å². The van der Waals surface area contributed by atoms with E-state index >= 15 is 0 Å². The molecular formula is C13H8N4. The molecule has 0 aliphatic rings. The van der Waals surface area contributed by atoms with Crippen molar-refractivity contribution in [2.45, 2.75) is 0 Å². The molecule has 17 heavy (non-hydrogen) atoms. The minimum Gasteiger partial charge on any atom is -0.290 e. The van der Waals surface area contributed by atoms with Crippen LogP contribution in [0.5, 0.6) is 0 Å². The molecule has 4 nitrogen and oxygen atoms in total. The Labute approximate surface area is 96.6 Å². The SMILES string of the molecule is c1ccc2nc3ncn4ccnc4c3cc2c1. The summed E-state index contributed by atoms with van der Waals surface area (Å²) in [7, 11) is 0. The third-order valence-corrected chi connectivity index (χ3v) is 2.92. The molecule has 0 N–H and O–H groups in total. The molecule has 0 aliphatic carbocycles. The number of benzene rings is 1. The van der Waals surface area contributed by atoms with Gasteiger partial charge in [-0.1, -0.05) is 18.2 Å². The van der Waals surface area contributed by atoms with E-state index in [2.05, 4.69) is 21.0 Å². The second-order valence-corrected chi connectivity index (χ2v) is 3.95. The van der Waals surface area contributed by atoms with E-state index in [1.54, 1.807) is 12.5 Å². The number of hydrogen-bond donors (Lipinski definition) is 0. The predicted molar refractivity (Wildman–Crippen MR) is 65.8 cm³/mol. The first-order valence-electron chi connectivity index (χ1n) is 5.39. The van der Waals surface area contributed by atoms with Crippen molar-refractivity contribution in [1.82, 2.24) is 19.4 Å². The number of hydrogen-bond acceptors (Lipinski definition) is 3. The first-order chi connectivity index (χ1) is 8.42. The van der Waals surface area contributed by atoms with Crippen LogP contribution in [-0.2, 0) is 0 Å². The Kier molecular flexibility index (Phi) is 1.53. The fraction of sp³-hybridized carbons (Fsp3) is 0. The Bertz CT molecular complexity index is 848. The highest BCUT2D eigenvalue weighted by atomic mass is 15.0. The van der Waals surface area contributed by atoms with Crippen LogP contribution >= 0.6 is 0 Å². The molecule has 0 fully saturated rings. The van der Waals surface area contributed by atoms with Gasteiger partial charge in [0.1, 0.15) is 12.0 Å². The molecular weight excluding hydrogens is 212 g/mol. The number of fused-ring (bicyclic) bond motifs is 4. The molecule has 0 radical (unpaired) electrons. The maximum absolute atomic E-state index is 4.54. The fourth-order valence-corrected chi connectivity index (χ4v) is 2.10. The average molecular weight is 220 g/mol. The largest absolute Gasteiger partial charge is 0.290 e. The summed E-state index contributed by atoms with van der Waals surface area (Å²) in [6.45, 7) is 0. The van der Waals surface area contributed by atoms with E-state index in [9.17, 15) is 0 Å². The van der Waals surface area contributed by atoms with Gasteiger partial charge in [-0.15, -0.1) is 0 Å². The van der Waals surface area contributed by atoms with Crippen molar-refractivity contribution in [2.75, 3.05) is 0 Å². The monoisotopic (exact) mass is 220 g/mol. The lowest BCUT2D eigenvalue weighted by atomic mass is 10.2. The summed E-state index contributed by atoms with van der Waals surface area (Å²) >= 11 is 0. The van der Waals surface area contributed by atoms with E-state index in [0.717, 1.165) is 27.6 Å². The van der Waals surface area contributed by atoms with Crippen LogP contribution < -0.4 is 0 Å². The Balaban J connectivity index is 2.29. The van der Waals surface area contributed by atoms with Crippen LogP contribution in [0.25, 0.3) is 27.6 Å². The summed E-state index contributed by atoms with van der Waals surface area (Å²) in [6, 6.07) is 10.1. The molecule has 0 amide bonds. The molecule has 3 heterocycles. The maximum Gasteiger partial charge on any atom is 0.165 e. The minimum atomic E-state index is 0.738. The van der Waals surface area contributed by atoms with Crippen molar-refractivity contribution in [3.05, 3.63) is 49.1 Å². The van der Waals surface area contributed by atoms with Gasteiger partial charge in [-0.2, -0.15) is 0 Å². The quantitative estimate of drug-likeness (QED) is 0.427. The van der Waals surface area contributed by atoms with Gasteiger partial charge in [0.25, 0.3) is 0 Å². The molecule has 4 heteroatoms. The van der Waals surface area contributed by atoms with E-state index < -0.39 is 0 Å². The standard InChI is InChI=1S/C13H8N4/c1-2-4-11-9(3-1)7-10-12(16-11)15-8-17-6-5-14-13(10)17/h1-8H. The van der Waals surface area contributed by atoms with Crippen molar-refractivity contribution in [3.63, 3.8) is 0 Å². The molecule has 0 spiro atoms. The van der Waals surface area contributed by atoms with Gasteiger partial charge in [0.05, 0.1) is 10.9 Å². The number of para-hydroxylation sites is 1. The second kappa shape index (κ2) is 3.01. The lowest BCUT2D eigenvalue weighted by Crippen LogP contribution is -1.91. The van der Waals surface area contributed by atoms with Crippen LogP contribution in [0.2, 0.25) is 0 Å². The molecule has 0 aliphatic heterocycles. The number of nitrogens with zero attached hydrogens (tertiary/aromatic N) is 4. The van der Waals surface area contributed by atoms with Crippen molar-refractivity contribution in [2.24, 2.45) is 0 Å². The van der Waals surface area contributed by atoms with Crippen LogP contribution in [0, 0.1) is 0 Å². The summed E-state index contributed by atoms with van der Waals surface area (Å²) in [5.74, 6) is 0. The van der Waals surface area contributed by atoms with Gasteiger partial charge in [-0.3, -0.25) is 4.40 Å². The fourth-order valence-electron chi connectivity index (χ4n) is 2.10. The maximum atomic E-state index is 4.54. The highest BCUT2D eigenvalue weighted by Gasteiger charge is 2.05. The van der Waals surface area contributed by atoms with Gasteiger partial charge >= 0.3 is 0 Å². The Hall–Kier alpha value is -2.49. The van der Waals surface area contributed by atoms with Gasteiger partial charge in [0, 0.05) is 17.8 Å². The summed E-state index contributed by atoms with van der Waals surface area (Å²) in [5, 5.41) is 2.09. The normalized spacial score (nSPS) is 11.5. The van der Waals surface area contributed by atoms with Crippen LogP contribution in [0.4, 0.5) is 0 Å². The van der Waals surface area contributed by atoms with Crippen LogP contribution in [0.15, 0.2) is 49.1 Å².